The van der Waals surface area contributed by atoms with Crippen LogP contribution in [0.4, 0.5) is 11.4 Å². The highest BCUT2D eigenvalue weighted by Gasteiger charge is 2.27. The number of rotatable bonds is 3. The lowest BCUT2D eigenvalue weighted by Gasteiger charge is -2.29. The van der Waals surface area contributed by atoms with Crippen molar-refractivity contribution in [2.24, 2.45) is 11.1 Å². The van der Waals surface area contributed by atoms with Gasteiger partial charge in [-0.3, -0.25) is 4.79 Å². The minimum Gasteiger partial charge on any atom is -0.369 e. The van der Waals surface area contributed by atoms with Crippen molar-refractivity contribution in [1.82, 2.24) is 0 Å². The van der Waals surface area contributed by atoms with Crippen LogP contribution in [0.15, 0.2) is 24.3 Å². The fourth-order valence-corrected chi connectivity index (χ4v) is 3.57. The van der Waals surface area contributed by atoms with Crippen LogP contribution in [-0.2, 0) is 14.6 Å². The van der Waals surface area contributed by atoms with Crippen LogP contribution in [0, 0.1) is 5.41 Å². The minimum atomic E-state index is -2.91. The fourth-order valence-electron chi connectivity index (χ4n) is 2.36. The van der Waals surface area contributed by atoms with Gasteiger partial charge in [-0.1, -0.05) is 26.8 Å². The Kier molecular flexibility index (Phi) is 5.01. The summed E-state index contributed by atoms with van der Waals surface area (Å²) < 4.78 is 23.0. The number of anilines is 2. The molecular weight excluding hydrogens is 314 g/mol. The number of hydrogen-bond acceptors (Lipinski definition) is 5. The molecule has 1 aliphatic rings. The first-order valence-corrected chi connectivity index (χ1v) is 9.52. The summed E-state index contributed by atoms with van der Waals surface area (Å²) in [4.78, 5) is 14.2. The van der Waals surface area contributed by atoms with Gasteiger partial charge in [0.05, 0.1) is 17.5 Å². The van der Waals surface area contributed by atoms with E-state index < -0.39 is 15.9 Å². The number of carbonyl (C=O) groups is 1. The molecule has 1 atom stereocenters. The number of nitrogens with zero attached hydrogens (tertiary/aromatic N) is 1. The number of nitrogens with one attached hydrogen (secondary N) is 1. The van der Waals surface area contributed by atoms with E-state index in [9.17, 15) is 13.2 Å². The highest BCUT2D eigenvalue weighted by Crippen LogP contribution is 2.23. The maximum absolute atomic E-state index is 12.2. The maximum Gasteiger partial charge on any atom is 0.241 e. The molecule has 1 saturated heterocycles. The van der Waals surface area contributed by atoms with Crippen molar-refractivity contribution in [3.63, 3.8) is 0 Å². The Morgan fingerprint density at radius 3 is 2.43 bits per heavy atom. The average molecular weight is 339 g/mol. The third kappa shape index (κ3) is 4.68. The number of amides is 1. The number of nitrogens with two attached hydrogens (primary N) is 1. The highest BCUT2D eigenvalue weighted by molar-refractivity contribution is 7.91. The van der Waals surface area contributed by atoms with Crippen LogP contribution in [0.3, 0.4) is 0 Å². The second kappa shape index (κ2) is 6.49. The molecule has 23 heavy (non-hydrogen) atoms. The van der Waals surface area contributed by atoms with Gasteiger partial charge in [-0.2, -0.15) is 0 Å². The van der Waals surface area contributed by atoms with Gasteiger partial charge >= 0.3 is 0 Å². The van der Waals surface area contributed by atoms with Gasteiger partial charge in [-0.15, -0.1) is 0 Å². The molecule has 0 saturated carbocycles. The Hall–Kier alpha value is -1.60. The standard InChI is InChI=1S/C16H25N3O3S/c1-16(2,3)14(17)15(20)18-12-5-4-6-13(11-12)19-7-9-23(21,22)10-8-19/h4-6,11,14H,7-10,17H2,1-3H3,(H,18,20)/t14-/m1/s1. The van der Waals surface area contributed by atoms with Crippen molar-refractivity contribution >= 4 is 27.1 Å². The van der Waals surface area contributed by atoms with Gasteiger partial charge in [-0.05, 0) is 23.6 Å². The van der Waals surface area contributed by atoms with Crippen LogP contribution in [0.1, 0.15) is 20.8 Å². The van der Waals surface area contributed by atoms with Gasteiger partial charge in [-0.25, -0.2) is 8.42 Å². The maximum atomic E-state index is 12.2. The molecule has 0 aliphatic carbocycles. The first-order valence-electron chi connectivity index (χ1n) is 7.70. The summed E-state index contributed by atoms with van der Waals surface area (Å²) in [5, 5.41) is 2.84. The van der Waals surface area contributed by atoms with Crippen molar-refractivity contribution < 1.29 is 13.2 Å². The summed E-state index contributed by atoms with van der Waals surface area (Å²) >= 11 is 0. The van der Waals surface area contributed by atoms with Gasteiger partial charge in [0, 0.05) is 24.5 Å². The number of benzene rings is 1. The molecule has 0 spiro atoms. The van der Waals surface area contributed by atoms with Crippen molar-refractivity contribution in [1.29, 1.82) is 0 Å². The largest absolute Gasteiger partial charge is 0.369 e. The topological polar surface area (TPSA) is 92.5 Å². The molecule has 1 fully saturated rings. The van der Waals surface area contributed by atoms with Crippen LogP contribution < -0.4 is 16.0 Å². The normalized spacial score (nSPS) is 19.2. The molecule has 1 aromatic rings. The number of carbonyl (C=O) groups excluding carboxylic acids is 1. The zero-order valence-corrected chi connectivity index (χ0v) is 14.7. The summed E-state index contributed by atoms with van der Waals surface area (Å²) in [5.41, 5.74) is 7.22. The monoisotopic (exact) mass is 339 g/mol. The Balaban J connectivity index is 2.07. The number of hydrogen-bond donors (Lipinski definition) is 2. The van der Waals surface area contributed by atoms with E-state index in [0.717, 1.165) is 5.69 Å². The lowest BCUT2D eigenvalue weighted by molar-refractivity contribution is -0.119. The first kappa shape index (κ1) is 17.7. The molecule has 3 N–H and O–H groups in total. The molecule has 0 unspecified atom stereocenters. The molecule has 6 nitrogen and oxygen atoms in total. The van der Waals surface area contributed by atoms with Crippen LogP contribution in [0.25, 0.3) is 0 Å². The van der Waals surface area contributed by atoms with Crippen LogP contribution in [0.2, 0.25) is 0 Å². The molecule has 2 rings (SSSR count). The van der Waals surface area contributed by atoms with E-state index in [4.69, 9.17) is 5.73 Å². The molecule has 1 aliphatic heterocycles. The molecule has 1 amide bonds. The van der Waals surface area contributed by atoms with E-state index in [1.54, 1.807) is 6.07 Å². The van der Waals surface area contributed by atoms with Crippen molar-refractivity contribution in [3.05, 3.63) is 24.3 Å². The van der Waals surface area contributed by atoms with E-state index in [1.165, 1.54) is 0 Å². The SMILES string of the molecule is CC(C)(C)[C@H](N)C(=O)Nc1cccc(N2CCS(=O)(=O)CC2)c1. The molecule has 7 heteroatoms. The van der Waals surface area contributed by atoms with Gasteiger partial charge in [0.25, 0.3) is 0 Å². The summed E-state index contributed by atoms with van der Waals surface area (Å²) in [5.74, 6) is 0.104. The van der Waals surface area contributed by atoms with Crippen molar-refractivity contribution in [2.45, 2.75) is 26.8 Å². The lowest BCUT2D eigenvalue weighted by Crippen LogP contribution is -2.45. The Morgan fingerprint density at radius 1 is 1.26 bits per heavy atom. The predicted molar refractivity (Wildman–Crippen MR) is 93.4 cm³/mol. The number of sulfone groups is 1. The molecular formula is C16H25N3O3S. The fraction of sp³-hybridized carbons (Fsp3) is 0.562. The van der Waals surface area contributed by atoms with Crippen LogP contribution in [0.5, 0.6) is 0 Å². The van der Waals surface area contributed by atoms with Gasteiger partial charge in [0.1, 0.15) is 0 Å². The third-order valence-electron chi connectivity index (χ3n) is 4.04. The van der Waals surface area contributed by atoms with Crippen molar-refractivity contribution in [2.75, 3.05) is 34.8 Å². The van der Waals surface area contributed by atoms with E-state index in [2.05, 4.69) is 5.32 Å². The molecule has 1 heterocycles. The second-order valence-corrected chi connectivity index (χ2v) is 9.33. The summed E-state index contributed by atoms with van der Waals surface area (Å²) in [7, 11) is -2.91. The summed E-state index contributed by atoms with van der Waals surface area (Å²) in [6.45, 7) is 6.70. The average Bonchev–Trinajstić information content (AvgIpc) is 2.45. The van der Waals surface area contributed by atoms with Crippen LogP contribution in [-0.4, -0.2) is 45.0 Å². The van der Waals surface area contributed by atoms with E-state index in [-0.39, 0.29) is 22.8 Å². The molecule has 128 valence electrons. The predicted octanol–water partition coefficient (Wildman–Crippen LogP) is 1.23. The molecule has 0 bridgehead atoms. The van der Waals surface area contributed by atoms with Gasteiger partial charge < -0.3 is 16.0 Å². The third-order valence-corrected chi connectivity index (χ3v) is 5.65. The van der Waals surface area contributed by atoms with Crippen LogP contribution >= 0.6 is 0 Å². The van der Waals surface area contributed by atoms with E-state index in [0.29, 0.717) is 18.8 Å². The molecule has 0 aromatic heterocycles. The minimum absolute atomic E-state index is 0.165. The van der Waals surface area contributed by atoms with E-state index in [1.807, 2.05) is 43.9 Å². The first-order chi connectivity index (χ1) is 10.6. The highest BCUT2D eigenvalue weighted by atomic mass is 32.2. The zero-order valence-electron chi connectivity index (χ0n) is 13.9. The molecule has 1 aromatic carbocycles. The van der Waals surface area contributed by atoms with E-state index >= 15 is 0 Å². The smallest absolute Gasteiger partial charge is 0.241 e. The Morgan fingerprint density at radius 2 is 1.87 bits per heavy atom. The second-order valence-electron chi connectivity index (χ2n) is 7.02. The van der Waals surface area contributed by atoms with Gasteiger partial charge in [0.2, 0.25) is 5.91 Å². The van der Waals surface area contributed by atoms with Crippen molar-refractivity contribution in [3.8, 4) is 0 Å². The molecule has 0 radical (unpaired) electrons. The van der Waals surface area contributed by atoms with Gasteiger partial charge in [0.15, 0.2) is 9.84 Å². The Bertz CT molecular complexity index is 666. The lowest BCUT2D eigenvalue weighted by atomic mass is 9.87. The Labute approximate surface area is 138 Å². The summed E-state index contributed by atoms with van der Waals surface area (Å²) in [6, 6.07) is 6.81. The quantitative estimate of drug-likeness (QED) is 0.864. The zero-order chi connectivity index (χ0) is 17.3. The summed E-state index contributed by atoms with van der Waals surface area (Å²) in [6.07, 6.45) is 0.